The molecule has 0 radical (unpaired) electrons. The average molecular weight is 631 g/mol. The lowest BCUT2D eigenvalue weighted by Gasteiger charge is -2.35. The Hall–Kier alpha value is -3.07. The Kier molecular flexibility index (Phi) is 10.9. The van der Waals surface area contributed by atoms with Crippen molar-refractivity contribution in [3.8, 4) is 0 Å². The fourth-order valence-electron chi connectivity index (χ4n) is 5.38. The zero-order valence-electron chi connectivity index (χ0n) is 23.9. The van der Waals surface area contributed by atoms with E-state index in [4.69, 9.17) is 23.2 Å². The van der Waals surface area contributed by atoms with E-state index >= 15 is 0 Å². The molecule has 0 spiro atoms. The molecule has 10 heteroatoms. The van der Waals surface area contributed by atoms with Crippen LogP contribution in [-0.4, -0.2) is 50.0 Å². The summed E-state index contributed by atoms with van der Waals surface area (Å²) in [6.45, 7) is 1.55. The molecular formula is C32H37Cl2N3O4S. The SMILES string of the molecule is Cc1cccc(CN(C(=O)CN(c2ccc(Cl)cc2Cl)S(C)(=O)=O)C(Cc2ccccc2)C(=O)NC2CCCCC2)c1. The summed E-state index contributed by atoms with van der Waals surface area (Å²) in [7, 11) is -3.93. The highest BCUT2D eigenvalue weighted by molar-refractivity contribution is 7.92. The van der Waals surface area contributed by atoms with Crippen LogP contribution >= 0.6 is 23.2 Å². The number of anilines is 1. The van der Waals surface area contributed by atoms with Crippen LogP contribution in [0.15, 0.2) is 72.8 Å². The third-order valence-corrected chi connectivity index (χ3v) is 9.18. The Morgan fingerprint density at radius 2 is 1.62 bits per heavy atom. The second-order valence-electron chi connectivity index (χ2n) is 10.9. The molecule has 7 nitrogen and oxygen atoms in total. The number of nitrogens with one attached hydrogen (secondary N) is 1. The molecule has 1 unspecified atom stereocenters. The maximum Gasteiger partial charge on any atom is 0.244 e. The minimum Gasteiger partial charge on any atom is -0.352 e. The largest absolute Gasteiger partial charge is 0.352 e. The van der Waals surface area contributed by atoms with Crippen LogP contribution in [0.1, 0.15) is 48.8 Å². The Labute approximate surface area is 258 Å². The molecule has 2 amide bonds. The van der Waals surface area contributed by atoms with E-state index in [1.165, 1.54) is 23.1 Å². The molecule has 0 aliphatic heterocycles. The molecule has 4 rings (SSSR count). The third-order valence-electron chi connectivity index (χ3n) is 7.52. The minimum absolute atomic E-state index is 0.0424. The molecule has 1 aliphatic carbocycles. The quantitative estimate of drug-likeness (QED) is 0.275. The number of carbonyl (C=O) groups is 2. The summed E-state index contributed by atoms with van der Waals surface area (Å²) in [6, 6.07) is 20.9. The molecule has 0 aromatic heterocycles. The van der Waals surface area contributed by atoms with E-state index in [1.807, 2.05) is 61.5 Å². The summed E-state index contributed by atoms with van der Waals surface area (Å²) in [4.78, 5) is 29.7. The Morgan fingerprint density at radius 1 is 0.929 bits per heavy atom. The lowest BCUT2D eigenvalue weighted by molar-refractivity contribution is -0.140. The topological polar surface area (TPSA) is 86.8 Å². The zero-order valence-corrected chi connectivity index (χ0v) is 26.3. The van der Waals surface area contributed by atoms with E-state index in [1.54, 1.807) is 0 Å². The number of halogens is 2. The first-order chi connectivity index (χ1) is 20.0. The molecule has 42 heavy (non-hydrogen) atoms. The van der Waals surface area contributed by atoms with Crippen molar-refractivity contribution in [3.05, 3.63) is 99.5 Å². The highest BCUT2D eigenvalue weighted by Crippen LogP contribution is 2.31. The molecule has 0 saturated heterocycles. The average Bonchev–Trinajstić information content (AvgIpc) is 2.94. The van der Waals surface area contributed by atoms with E-state index in [0.29, 0.717) is 5.02 Å². The predicted molar refractivity (Wildman–Crippen MR) is 169 cm³/mol. The molecule has 3 aromatic carbocycles. The summed E-state index contributed by atoms with van der Waals surface area (Å²) in [5.41, 5.74) is 2.88. The molecule has 224 valence electrons. The third kappa shape index (κ3) is 8.72. The van der Waals surface area contributed by atoms with E-state index in [2.05, 4.69) is 5.32 Å². The van der Waals surface area contributed by atoms with Gasteiger partial charge >= 0.3 is 0 Å². The Balaban J connectivity index is 1.74. The molecule has 1 saturated carbocycles. The van der Waals surface area contributed by atoms with Crippen molar-refractivity contribution >= 4 is 50.7 Å². The highest BCUT2D eigenvalue weighted by atomic mass is 35.5. The second kappa shape index (κ2) is 14.4. The molecule has 1 N–H and O–H groups in total. The maximum atomic E-state index is 14.2. The van der Waals surface area contributed by atoms with Crippen LogP contribution < -0.4 is 9.62 Å². The van der Waals surface area contributed by atoms with Gasteiger partial charge in [-0.1, -0.05) is 103 Å². The van der Waals surface area contributed by atoms with Gasteiger partial charge < -0.3 is 10.2 Å². The van der Waals surface area contributed by atoms with Crippen LogP contribution in [0, 0.1) is 6.92 Å². The van der Waals surface area contributed by atoms with Gasteiger partial charge in [0, 0.05) is 24.0 Å². The van der Waals surface area contributed by atoms with Crippen molar-refractivity contribution in [2.24, 2.45) is 0 Å². The van der Waals surface area contributed by atoms with Crippen LogP contribution in [0.2, 0.25) is 10.0 Å². The number of amides is 2. The number of carbonyl (C=O) groups excluding carboxylic acids is 2. The second-order valence-corrected chi connectivity index (χ2v) is 13.7. The number of rotatable bonds is 11. The minimum atomic E-state index is -3.93. The summed E-state index contributed by atoms with van der Waals surface area (Å²) in [5.74, 6) is -0.769. The monoisotopic (exact) mass is 629 g/mol. The van der Waals surface area contributed by atoms with Crippen molar-refractivity contribution in [3.63, 3.8) is 0 Å². The fourth-order valence-corrected chi connectivity index (χ4v) is 6.81. The smallest absolute Gasteiger partial charge is 0.244 e. The Bertz CT molecular complexity index is 1490. The van der Waals surface area contributed by atoms with Crippen LogP contribution in [0.5, 0.6) is 0 Å². The lowest BCUT2D eigenvalue weighted by atomic mass is 9.94. The van der Waals surface area contributed by atoms with Crippen LogP contribution in [0.25, 0.3) is 0 Å². The van der Waals surface area contributed by atoms with Crippen molar-refractivity contribution in [2.45, 2.75) is 64.1 Å². The van der Waals surface area contributed by atoms with Gasteiger partial charge in [-0.15, -0.1) is 0 Å². The molecule has 0 heterocycles. The first kappa shape index (κ1) is 31.9. The van der Waals surface area contributed by atoms with E-state index in [0.717, 1.165) is 59.4 Å². The zero-order chi connectivity index (χ0) is 30.3. The highest BCUT2D eigenvalue weighted by Gasteiger charge is 2.34. The van der Waals surface area contributed by atoms with Crippen molar-refractivity contribution in [2.75, 3.05) is 17.1 Å². The normalized spacial score (nSPS) is 14.7. The van der Waals surface area contributed by atoms with Crippen LogP contribution in [0.3, 0.4) is 0 Å². The van der Waals surface area contributed by atoms with Gasteiger partial charge in [0.15, 0.2) is 0 Å². The first-order valence-corrected chi connectivity index (χ1v) is 16.7. The molecular weight excluding hydrogens is 593 g/mol. The first-order valence-electron chi connectivity index (χ1n) is 14.1. The van der Waals surface area contributed by atoms with Gasteiger partial charge in [0.25, 0.3) is 0 Å². The number of benzene rings is 3. The standard InChI is InChI=1S/C32H37Cl2N3O4S/c1-23-10-9-13-25(18-23)21-36(31(38)22-37(42(2,40)41)29-17-16-26(33)20-28(29)34)30(19-24-11-5-3-6-12-24)32(39)35-27-14-7-4-8-15-27/h3,5-6,9-13,16-18,20,27,30H,4,7-8,14-15,19,21-22H2,1-2H3,(H,35,39). The molecule has 1 fully saturated rings. The van der Waals surface area contributed by atoms with Crippen LogP contribution in [0.4, 0.5) is 5.69 Å². The molecule has 0 bridgehead atoms. The number of hydrogen-bond acceptors (Lipinski definition) is 4. The van der Waals surface area contributed by atoms with Gasteiger partial charge in [-0.05, 0) is 49.1 Å². The maximum absolute atomic E-state index is 14.2. The van der Waals surface area contributed by atoms with Crippen molar-refractivity contribution < 1.29 is 18.0 Å². The molecule has 1 aliphatic rings. The van der Waals surface area contributed by atoms with Gasteiger partial charge in [-0.3, -0.25) is 13.9 Å². The van der Waals surface area contributed by atoms with E-state index in [9.17, 15) is 18.0 Å². The number of hydrogen-bond donors (Lipinski definition) is 1. The number of nitrogens with zero attached hydrogens (tertiary/aromatic N) is 2. The van der Waals surface area contributed by atoms with Crippen molar-refractivity contribution in [1.82, 2.24) is 10.2 Å². The fraction of sp³-hybridized carbons (Fsp3) is 0.375. The van der Waals surface area contributed by atoms with Crippen LogP contribution in [-0.2, 0) is 32.6 Å². The van der Waals surface area contributed by atoms with Crippen molar-refractivity contribution in [1.29, 1.82) is 0 Å². The van der Waals surface area contributed by atoms with E-state index < -0.39 is 28.5 Å². The summed E-state index contributed by atoms with van der Waals surface area (Å²) < 4.78 is 26.9. The summed E-state index contributed by atoms with van der Waals surface area (Å²) in [6.07, 6.45) is 6.33. The van der Waals surface area contributed by atoms with Gasteiger partial charge in [0.1, 0.15) is 12.6 Å². The van der Waals surface area contributed by atoms with Gasteiger partial charge in [0.05, 0.1) is 17.0 Å². The predicted octanol–water partition coefficient (Wildman–Crippen LogP) is 6.16. The van der Waals surface area contributed by atoms with Gasteiger partial charge in [-0.25, -0.2) is 8.42 Å². The number of aryl methyl sites for hydroxylation is 1. The van der Waals surface area contributed by atoms with E-state index in [-0.39, 0.29) is 35.6 Å². The van der Waals surface area contributed by atoms with Gasteiger partial charge in [-0.2, -0.15) is 0 Å². The van der Waals surface area contributed by atoms with Gasteiger partial charge in [0.2, 0.25) is 21.8 Å². The lowest BCUT2D eigenvalue weighted by Crippen LogP contribution is -2.55. The Morgan fingerprint density at radius 3 is 2.26 bits per heavy atom. The number of sulfonamides is 1. The molecule has 1 atom stereocenters. The molecule has 3 aromatic rings. The summed E-state index contributed by atoms with van der Waals surface area (Å²) in [5, 5.41) is 3.64. The summed E-state index contributed by atoms with van der Waals surface area (Å²) >= 11 is 12.4.